The largest absolute Gasteiger partial charge is 0.497 e. The summed E-state index contributed by atoms with van der Waals surface area (Å²) in [5.41, 5.74) is 1.17. The predicted molar refractivity (Wildman–Crippen MR) is 113 cm³/mol. The Kier molecular flexibility index (Phi) is 5.48. The molecule has 2 heterocycles. The van der Waals surface area contributed by atoms with E-state index in [-0.39, 0.29) is 12.0 Å². The minimum atomic E-state index is -0.0682. The number of methoxy groups -OCH3 is 1. The van der Waals surface area contributed by atoms with Crippen LogP contribution in [0.15, 0.2) is 54.6 Å². The highest BCUT2D eigenvalue weighted by Gasteiger charge is 2.35. The van der Waals surface area contributed by atoms with Gasteiger partial charge in [0, 0.05) is 28.1 Å². The Morgan fingerprint density at radius 3 is 2.85 bits per heavy atom. The summed E-state index contributed by atoms with van der Waals surface area (Å²) in [6, 6.07) is 19.2. The van der Waals surface area contributed by atoms with Crippen molar-refractivity contribution >= 4 is 21.4 Å². The van der Waals surface area contributed by atoms with Crippen molar-refractivity contribution in [2.45, 2.75) is 25.8 Å². The standard InChI is InChI=1S/C23H27NO2S/c1-26-20-8-4-6-18(12-20)14-23(17-25)10-5-11-24(16-23)15-21-13-19-7-2-3-9-22(19)27-21/h2-4,6-9,12-13,25H,5,10-11,14-17H2,1H3. The lowest BCUT2D eigenvalue weighted by molar-refractivity contribution is 0.0292. The maximum Gasteiger partial charge on any atom is 0.119 e. The number of fused-ring (bicyclic) bond motifs is 1. The lowest BCUT2D eigenvalue weighted by Gasteiger charge is -2.42. The molecule has 3 aromatic rings. The van der Waals surface area contributed by atoms with Crippen LogP contribution in [0.5, 0.6) is 5.75 Å². The molecule has 1 aliphatic rings. The van der Waals surface area contributed by atoms with E-state index < -0.39 is 0 Å². The highest BCUT2D eigenvalue weighted by Crippen LogP contribution is 2.35. The molecule has 4 heteroatoms. The topological polar surface area (TPSA) is 32.7 Å². The normalized spacial score (nSPS) is 20.8. The zero-order chi connectivity index (χ0) is 18.7. The van der Waals surface area contributed by atoms with Crippen LogP contribution < -0.4 is 4.74 Å². The van der Waals surface area contributed by atoms with Crippen LogP contribution in [0.4, 0.5) is 0 Å². The molecule has 4 rings (SSSR count). The van der Waals surface area contributed by atoms with Crippen LogP contribution in [0, 0.1) is 5.41 Å². The molecule has 27 heavy (non-hydrogen) atoms. The second kappa shape index (κ2) is 8.01. The second-order valence-electron chi connectivity index (χ2n) is 7.75. The fourth-order valence-corrected chi connectivity index (χ4v) is 5.43. The van der Waals surface area contributed by atoms with Gasteiger partial charge in [-0.1, -0.05) is 30.3 Å². The van der Waals surface area contributed by atoms with E-state index in [2.05, 4.69) is 47.4 Å². The number of aliphatic hydroxyl groups is 1. The molecule has 1 aromatic heterocycles. The summed E-state index contributed by atoms with van der Waals surface area (Å²) in [7, 11) is 1.70. The zero-order valence-electron chi connectivity index (χ0n) is 15.9. The first-order valence-corrected chi connectivity index (χ1v) is 10.4. The van der Waals surface area contributed by atoms with E-state index in [0.29, 0.717) is 0 Å². The average Bonchev–Trinajstić information content (AvgIpc) is 3.10. The number of hydrogen-bond donors (Lipinski definition) is 1. The van der Waals surface area contributed by atoms with Gasteiger partial charge in [0.1, 0.15) is 5.75 Å². The maximum absolute atomic E-state index is 10.3. The van der Waals surface area contributed by atoms with Crippen molar-refractivity contribution in [3.05, 3.63) is 65.0 Å². The average molecular weight is 382 g/mol. The number of aliphatic hydroxyl groups excluding tert-OH is 1. The minimum Gasteiger partial charge on any atom is -0.497 e. The fourth-order valence-electron chi connectivity index (χ4n) is 4.32. The van der Waals surface area contributed by atoms with Crippen LogP contribution in [-0.2, 0) is 13.0 Å². The van der Waals surface area contributed by atoms with Crippen molar-refractivity contribution < 1.29 is 9.84 Å². The van der Waals surface area contributed by atoms with Crippen molar-refractivity contribution in [3.63, 3.8) is 0 Å². The van der Waals surface area contributed by atoms with Gasteiger partial charge in [0.2, 0.25) is 0 Å². The molecule has 1 fully saturated rings. The molecular weight excluding hydrogens is 354 g/mol. The van der Waals surface area contributed by atoms with Gasteiger partial charge in [-0.3, -0.25) is 4.90 Å². The van der Waals surface area contributed by atoms with Gasteiger partial charge in [-0.2, -0.15) is 0 Å². The lowest BCUT2D eigenvalue weighted by Crippen LogP contribution is -2.46. The van der Waals surface area contributed by atoms with Gasteiger partial charge >= 0.3 is 0 Å². The predicted octanol–water partition coefficient (Wildman–Crippen LogP) is 4.73. The molecule has 3 nitrogen and oxygen atoms in total. The number of likely N-dealkylation sites (tertiary alicyclic amines) is 1. The first-order valence-electron chi connectivity index (χ1n) is 9.63. The number of ether oxygens (including phenoxy) is 1. The van der Waals surface area contributed by atoms with E-state index in [1.165, 1.54) is 20.5 Å². The molecule has 0 radical (unpaired) electrons. The van der Waals surface area contributed by atoms with Gasteiger partial charge < -0.3 is 9.84 Å². The Hall–Kier alpha value is -1.88. The number of nitrogens with zero attached hydrogens (tertiary/aromatic N) is 1. The molecule has 1 saturated heterocycles. The van der Waals surface area contributed by atoms with Gasteiger partial charge in [0.25, 0.3) is 0 Å². The van der Waals surface area contributed by atoms with Crippen LogP contribution in [0.1, 0.15) is 23.3 Å². The van der Waals surface area contributed by atoms with E-state index in [1.54, 1.807) is 7.11 Å². The summed E-state index contributed by atoms with van der Waals surface area (Å²) in [6.07, 6.45) is 3.10. The number of piperidine rings is 1. The fraction of sp³-hybridized carbons (Fsp3) is 0.391. The molecule has 1 N–H and O–H groups in total. The third-order valence-corrected chi connectivity index (χ3v) is 6.75. The molecule has 0 saturated carbocycles. The van der Waals surface area contributed by atoms with E-state index in [1.807, 2.05) is 23.5 Å². The summed E-state index contributed by atoms with van der Waals surface area (Å²) in [5, 5.41) is 11.6. The summed E-state index contributed by atoms with van der Waals surface area (Å²) < 4.78 is 6.72. The molecule has 0 amide bonds. The third kappa shape index (κ3) is 4.18. The molecule has 0 bridgehead atoms. The second-order valence-corrected chi connectivity index (χ2v) is 8.92. The van der Waals surface area contributed by atoms with Gasteiger partial charge in [-0.05, 0) is 61.0 Å². The van der Waals surface area contributed by atoms with E-state index in [4.69, 9.17) is 4.74 Å². The number of thiophene rings is 1. The molecule has 2 aromatic carbocycles. The van der Waals surface area contributed by atoms with Crippen LogP contribution in [0.25, 0.3) is 10.1 Å². The summed E-state index contributed by atoms with van der Waals surface area (Å²) in [4.78, 5) is 3.93. The highest BCUT2D eigenvalue weighted by molar-refractivity contribution is 7.19. The number of rotatable bonds is 6. The van der Waals surface area contributed by atoms with Crippen LogP contribution in [-0.4, -0.2) is 36.8 Å². The van der Waals surface area contributed by atoms with E-state index in [0.717, 1.165) is 44.6 Å². The Labute approximate surface area is 165 Å². The summed E-state index contributed by atoms with van der Waals surface area (Å²) in [6.45, 7) is 3.25. The van der Waals surface area contributed by atoms with Gasteiger partial charge in [0.05, 0.1) is 13.7 Å². The van der Waals surface area contributed by atoms with Gasteiger partial charge in [-0.15, -0.1) is 11.3 Å². The molecule has 1 aliphatic heterocycles. The van der Waals surface area contributed by atoms with Crippen molar-refractivity contribution in [1.82, 2.24) is 4.90 Å². The monoisotopic (exact) mass is 381 g/mol. The third-order valence-electron chi connectivity index (χ3n) is 5.65. The molecule has 0 aliphatic carbocycles. The molecule has 0 spiro atoms. The van der Waals surface area contributed by atoms with E-state index >= 15 is 0 Å². The first-order chi connectivity index (χ1) is 13.2. The van der Waals surface area contributed by atoms with Crippen molar-refractivity contribution in [3.8, 4) is 5.75 Å². The molecular formula is C23H27NO2S. The number of benzene rings is 2. The summed E-state index contributed by atoms with van der Waals surface area (Å²) in [5.74, 6) is 0.888. The summed E-state index contributed by atoms with van der Waals surface area (Å²) >= 11 is 1.89. The SMILES string of the molecule is COc1cccc(CC2(CO)CCCN(Cc3cc4ccccc4s3)C2)c1. The van der Waals surface area contributed by atoms with Crippen LogP contribution >= 0.6 is 11.3 Å². The van der Waals surface area contributed by atoms with Gasteiger partial charge in [-0.25, -0.2) is 0 Å². The van der Waals surface area contributed by atoms with Crippen molar-refractivity contribution in [2.24, 2.45) is 5.41 Å². The Bertz CT molecular complexity index is 873. The Morgan fingerprint density at radius 2 is 2.04 bits per heavy atom. The molecule has 1 unspecified atom stereocenters. The molecule has 142 valence electrons. The van der Waals surface area contributed by atoms with Crippen molar-refractivity contribution in [1.29, 1.82) is 0 Å². The maximum atomic E-state index is 10.3. The van der Waals surface area contributed by atoms with Gasteiger partial charge in [0.15, 0.2) is 0 Å². The van der Waals surface area contributed by atoms with Crippen LogP contribution in [0.3, 0.4) is 0 Å². The zero-order valence-corrected chi connectivity index (χ0v) is 16.7. The smallest absolute Gasteiger partial charge is 0.119 e. The van der Waals surface area contributed by atoms with Crippen LogP contribution in [0.2, 0.25) is 0 Å². The Balaban J connectivity index is 1.49. The highest BCUT2D eigenvalue weighted by atomic mass is 32.1. The molecule has 1 atom stereocenters. The van der Waals surface area contributed by atoms with E-state index in [9.17, 15) is 5.11 Å². The number of hydrogen-bond acceptors (Lipinski definition) is 4. The Morgan fingerprint density at radius 1 is 1.15 bits per heavy atom. The van der Waals surface area contributed by atoms with Crippen molar-refractivity contribution in [2.75, 3.05) is 26.8 Å². The quantitative estimate of drug-likeness (QED) is 0.670. The lowest BCUT2D eigenvalue weighted by atomic mass is 9.75. The first kappa shape index (κ1) is 18.5. The minimum absolute atomic E-state index is 0.0682.